The minimum absolute atomic E-state index is 0.0409. The zero-order valence-corrected chi connectivity index (χ0v) is 10.2. The summed E-state index contributed by atoms with van der Waals surface area (Å²) in [6.07, 6.45) is 2.08. The third kappa shape index (κ3) is 2.24. The average Bonchev–Trinajstić information content (AvgIpc) is 2.32. The molecule has 1 aromatic heterocycles. The van der Waals surface area contributed by atoms with Crippen molar-refractivity contribution in [2.45, 2.75) is 26.2 Å². The molecular weight excluding hydrogens is 214 g/mol. The standard InChI is InChI=1S/C14H17NO2/c1-9(2)10-3-4-13-12(7-10)14(16)11(5-6-15)8-17-13/h3-4,7-9H,5-6,15H2,1-2H3. The minimum atomic E-state index is 0.0409. The monoisotopic (exact) mass is 231 g/mol. The van der Waals surface area contributed by atoms with Gasteiger partial charge in [0.1, 0.15) is 5.58 Å². The fourth-order valence-corrected chi connectivity index (χ4v) is 1.88. The Kier molecular flexibility index (Phi) is 3.29. The lowest BCUT2D eigenvalue weighted by Gasteiger charge is -2.06. The van der Waals surface area contributed by atoms with Crippen LogP contribution in [0.2, 0.25) is 0 Å². The second-order valence-electron chi connectivity index (χ2n) is 4.54. The summed E-state index contributed by atoms with van der Waals surface area (Å²) in [7, 11) is 0. The van der Waals surface area contributed by atoms with Crippen LogP contribution >= 0.6 is 0 Å². The zero-order chi connectivity index (χ0) is 12.4. The number of rotatable bonds is 3. The molecule has 3 nitrogen and oxygen atoms in total. The molecule has 2 N–H and O–H groups in total. The molecule has 0 aliphatic carbocycles. The third-order valence-corrected chi connectivity index (χ3v) is 2.95. The van der Waals surface area contributed by atoms with Crippen LogP contribution in [-0.2, 0) is 6.42 Å². The first-order chi connectivity index (χ1) is 8.13. The van der Waals surface area contributed by atoms with Gasteiger partial charge in [0.05, 0.1) is 11.6 Å². The van der Waals surface area contributed by atoms with Crippen LogP contribution in [0.5, 0.6) is 0 Å². The van der Waals surface area contributed by atoms with Crippen molar-refractivity contribution >= 4 is 11.0 Å². The number of benzene rings is 1. The smallest absolute Gasteiger partial charge is 0.195 e. The van der Waals surface area contributed by atoms with E-state index in [0.29, 0.717) is 35.4 Å². The van der Waals surface area contributed by atoms with E-state index in [2.05, 4.69) is 13.8 Å². The molecule has 0 aliphatic rings. The molecule has 0 fully saturated rings. The van der Waals surface area contributed by atoms with Gasteiger partial charge in [-0.2, -0.15) is 0 Å². The number of fused-ring (bicyclic) bond motifs is 1. The van der Waals surface area contributed by atoms with Crippen molar-refractivity contribution in [1.29, 1.82) is 0 Å². The van der Waals surface area contributed by atoms with Gasteiger partial charge in [0.2, 0.25) is 0 Å². The molecule has 1 aromatic carbocycles. The maximum atomic E-state index is 12.2. The normalized spacial score (nSPS) is 11.3. The maximum Gasteiger partial charge on any atom is 0.195 e. The zero-order valence-electron chi connectivity index (χ0n) is 10.2. The molecule has 1 heterocycles. The third-order valence-electron chi connectivity index (χ3n) is 2.95. The second-order valence-corrected chi connectivity index (χ2v) is 4.54. The van der Waals surface area contributed by atoms with Crippen LogP contribution in [-0.4, -0.2) is 6.54 Å². The van der Waals surface area contributed by atoms with Crippen molar-refractivity contribution in [2.75, 3.05) is 6.54 Å². The van der Waals surface area contributed by atoms with E-state index in [1.54, 1.807) is 0 Å². The first-order valence-electron chi connectivity index (χ1n) is 5.88. The van der Waals surface area contributed by atoms with Crippen molar-refractivity contribution in [2.24, 2.45) is 5.73 Å². The van der Waals surface area contributed by atoms with E-state index in [9.17, 15) is 4.79 Å². The van der Waals surface area contributed by atoms with Crippen molar-refractivity contribution in [1.82, 2.24) is 0 Å². The predicted octanol–water partition coefficient (Wildman–Crippen LogP) is 2.42. The molecule has 0 radical (unpaired) electrons. The van der Waals surface area contributed by atoms with E-state index >= 15 is 0 Å². The quantitative estimate of drug-likeness (QED) is 0.882. The highest BCUT2D eigenvalue weighted by atomic mass is 16.3. The molecule has 0 saturated carbocycles. The molecule has 2 rings (SSSR count). The van der Waals surface area contributed by atoms with E-state index < -0.39 is 0 Å². The number of nitrogens with two attached hydrogens (primary N) is 1. The highest BCUT2D eigenvalue weighted by Crippen LogP contribution is 2.19. The lowest BCUT2D eigenvalue weighted by molar-refractivity contribution is 0.592. The highest BCUT2D eigenvalue weighted by Gasteiger charge is 2.08. The SMILES string of the molecule is CC(C)c1ccc2occ(CCN)c(=O)c2c1. The van der Waals surface area contributed by atoms with Gasteiger partial charge < -0.3 is 10.2 Å². The Bertz CT molecular complexity index is 584. The molecule has 0 amide bonds. The molecule has 0 saturated heterocycles. The molecule has 0 atom stereocenters. The fourth-order valence-electron chi connectivity index (χ4n) is 1.88. The minimum Gasteiger partial charge on any atom is -0.464 e. The Balaban J connectivity index is 2.65. The Labute approximate surface area is 100 Å². The van der Waals surface area contributed by atoms with E-state index in [1.165, 1.54) is 6.26 Å². The summed E-state index contributed by atoms with van der Waals surface area (Å²) in [6, 6.07) is 5.78. The van der Waals surface area contributed by atoms with Crippen molar-refractivity contribution in [3.63, 3.8) is 0 Å². The summed E-state index contributed by atoms with van der Waals surface area (Å²) >= 11 is 0. The summed E-state index contributed by atoms with van der Waals surface area (Å²) in [5.74, 6) is 0.400. The van der Waals surface area contributed by atoms with Crippen molar-refractivity contribution in [3.8, 4) is 0 Å². The van der Waals surface area contributed by atoms with Gasteiger partial charge in [-0.05, 0) is 36.6 Å². The molecule has 0 spiro atoms. The van der Waals surface area contributed by atoms with Crippen LogP contribution < -0.4 is 11.2 Å². The Morgan fingerprint density at radius 1 is 1.35 bits per heavy atom. The number of hydrogen-bond donors (Lipinski definition) is 1. The summed E-state index contributed by atoms with van der Waals surface area (Å²) < 4.78 is 5.46. The van der Waals surface area contributed by atoms with Gasteiger partial charge in [-0.1, -0.05) is 19.9 Å². The first-order valence-corrected chi connectivity index (χ1v) is 5.88. The van der Waals surface area contributed by atoms with Crippen LogP contribution in [0.4, 0.5) is 0 Å². The summed E-state index contributed by atoms with van der Waals surface area (Å²) in [4.78, 5) is 12.2. The lowest BCUT2D eigenvalue weighted by atomic mass is 10.0. The van der Waals surface area contributed by atoms with E-state index in [0.717, 1.165) is 5.56 Å². The molecule has 0 unspecified atom stereocenters. The fraction of sp³-hybridized carbons (Fsp3) is 0.357. The van der Waals surface area contributed by atoms with E-state index in [-0.39, 0.29) is 5.43 Å². The Morgan fingerprint density at radius 3 is 2.76 bits per heavy atom. The van der Waals surface area contributed by atoms with Gasteiger partial charge in [0.15, 0.2) is 5.43 Å². The summed E-state index contributed by atoms with van der Waals surface area (Å²) in [6.45, 7) is 4.67. The van der Waals surface area contributed by atoms with Crippen LogP contribution in [0.15, 0.2) is 33.7 Å². The largest absolute Gasteiger partial charge is 0.464 e. The molecule has 3 heteroatoms. The topological polar surface area (TPSA) is 56.2 Å². The van der Waals surface area contributed by atoms with Crippen LogP contribution in [0.3, 0.4) is 0 Å². The molecule has 0 aliphatic heterocycles. The first kappa shape index (κ1) is 11.9. The molecular formula is C14H17NO2. The van der Waals surface area contributed by atoms with Gasteiger partial charge in [-0.3, -0.25) is 4.79 Å². The Morgan fingerprint density at radius 2 is 2.12 bits per heavy atom. The summed E-state index contributed by atoms with van der Waals surface area (Å²) in [5, 5.41) is 0.655. The molecule has 17 heavy (non-hydrogen) atoms. The predicted molar refractivity (Wildman–Crippen MR) is 69.3 cm³/mol. The number of hydrogen-bond acceptors (Lipinski definition) is 3. The van der Waals surface area contributed by atoms with E-state index in [4.69, 9.17) is 10.2 Å². The molecule has 0 bridgehead atoms. The van der Waals surface area contributed by atoms with Crippen molar-refractivity contribution < 1.29 is 4.42 Å². The van der Waals surface area contributed by atoms with Gasteiger partial charge in [-0.15, -0.1) is 0 Å². The Hall–Kier alpha value is -1.61. The summed E-state index contributed by atoms with van der Waals surface area (Å²) in [5.41, 5.74) is 7.95. The van der Waals surface area contributed by atoms with Gasteiger partial charge >= 0.3 is 0 Å². The van der Waals surface area contributed by atoms with Gasteiger partial charge in [-0.25, -0.2) is 0 Å². The highest BCUT2D eigenvalue weighted by molar-refractivity contribution is 5.77. The average molecular weight is 231 g/mol. The van der Waals surface area contributed by atoms with Crippen LogP contribution in [0, 0.1) is 0 Å². The molecule has 2 aromatic rings. The van der Waals surface area contributed by atoms with Gasteiger partial charge in [0, 0.05) is 5.56 Å². The van der Waals surface area contributed by atoms with E-state index in [1.807, 2.05) is 18.2 Å². The maximum absolute atomic E-state index is 12.2. The lowest BCUT2D eigenvalue weighted by Crippen LogP contribution is -2.13. The van der Waals surface area contributed by atoms with Gasteiger partial charge in [0.25, 0.3) is 0 Å². The van der Waals surface area contributed by atoms with Crippen LogP contribution in [0.25, 0.3) is 11.0 Å². The molecule has 90 valence electrons. The second kappa shape index (κ2) is 4.72. The van der Waals surface area contributed by atoms with Crippen molar-refractivity contribution in [3.05, 3.63) is 45.8 Å². The van der Waals surface area contributed by atoms with Crippen LogP contribution in [0.1, 0.15) is 30.9 Å².